The monoisotopic (exact) mass is 180 g/mol. The third-order valence-electron chi connectivity index (χ3n) is 1.75. The Kier molecular flexibility index (Phi) is 4.18. The van der Waals surface area contributed by atoms with Crippen molar-refractivity contribution in [1.29, 1.82) is 0 Å². The van der Waals surface area contributed by atoms with Crippen LogP contribution in [0.2, 0.25) is 0 Å². The van der Waals surface area contributed by atoms with Crippen LogP contribution in [0.15, 0.2) is 18.6 Å². The van der Waals surface area contributed by atoms with Crippen LogP contribution < -0.4 is 10.6 Å². The van der Waals surface area contributed by atoms with Crippen LogP contribution in [-0.4, -0.2) is 30.1 Å². The molecule has 0 bridgehead atoms. The maximum atomic E-state index is 4.12. The van der Waals surface area contributed by atoms with Crippen molar-refractivity contribution >= 4 is 5.82 Å². The molecule has 1 heterocycles. The third kappa shape index (κ3) is 3.85. The highest BCUT2D eigenvalue weighted by molar-refractivity contribution is 5.29. The molecule has 0 aliphatic rings. The van der Waals surface area contributed by atoms with Crippen molar-refractivity contribution in [3.63, 3.8) is 0 Å². The molecule has 1 aromatic rings. The molecule has 1 aromatic heterocycles. The summed E-state index contributed by atoms with van der Waals surface area (Å²) in [7, 11) is 1.96. The maximum absolute atomic E-state index is 4.12. The number of anilines is 1. The molecule has 4 heteroatoms. The van der Waals surface area contributed by atoms with Gasteiger partial charge in [0.25, 0.3) is 0 Å². The van der Waals surface area contributed by atoms with Crippen LogP contribution in [0.4, 0.5) is 5.82 Å². The Morgan fingerprint density at radius 3 is 2.85 bits per heavy atom. The summed E-state index contributed by atoms with van der Waals surface area (Å²) in [6.45, 7) is 4.10. The summed E-state index contributed by atoms with van der Waals surface area (Å²) in [5.74, 6) is 1.43. The molecule has 0 fully saturated rings. The van der Waals surface area contributed by atoms with Crippen LogP contribution in [0.25, 0.3) is 0 Å². The van der Waals surface area contributed by atoms with Gasteiger partial charge in [-0.25, -0.2) is 4.98 Å². The number of nitrogens with zero attached hydrogens (tertiary/aromatic N) is 2. The van der Waals surface area contributed by atoms with Crippen molar-refractivity contribution < 1.29 is 0 Å². The highest BCUT2D eigenvalue weighted by atomic mass is 15.0. The van der Waals surface area contributed by atoms with Crippen molar-refractivity contribution in [3.05, 3.63) is 18.6 Å². The molecule has 1 rings (SSSR count). The van der Waals surface area contributed by atoms with Crippen LogP contribution >= 0.6 is 0 Å². The Morgan fingerprint density at radius 1 is 1.38 bits per heavy atom. The van der Waals surface area contributed by atoms with E-state index in [1.165, 1.54) is 0 Å². The molecule has 2 N–H and O–H groups in total. The normalized spacial score (nSPS) is 12.5. The average molecular weight is 180 g/mol. The van der Waals surface area contributed by atoms with E-state index in [-0.39, 0.29) is 0 Å². The molecule has 72 valence electrons. The molecular formula is C9H16N4. The lowest BCUT2D eigenvalue weighted by Crippen LogP contribution is -2.23. The highest BCUT2D eigenvalue weighted by Gasteiger charge is 1.99. The van der Waals surface area contributed by atoms with E-state index in [1.807, 2.05) is 7.05 Å². The van der Waals surface area contributed by atoms with E-state index in [9.17, 15) is 0 Å². The predicted molar refractivity (Wildman–Crippen MR) is 53.6 cm³/mol. The van der Waals surface area contributed by atoms with Crippen molar-refractivity contribution in [2.45, 2.75) is 6.92 Å². The Bertz CT molecular complexity index is 224. The largest absolute Gasteiger partial charge is 0.368 e. The first-order valence-corrected chi connectivity index (χ1v) is 4.47. The van der Waals surface area contributed by atoms with Crippen LogP contribution in [0.1, 0.15) is 6.92 Å². The fourth-order valence-electron chi connectivity index (χ4n) is 1.09. The van der Waals surface area contributed by atoms with Crippen molar-refractivity contribution in [3.8, 4) is 0 Å². The van der Waals surface area contributed by atoms with Gasteiger partial charge in [0, 0.05) is 18.9 Å². The molecule has 0 radical (unpaired) electrons. The Balaban J connectivity index is 2.27. The molecule has 4 nitrogen and oxygen atoms in total. The third-order valence-corrected chi connectivity index (χ3v) is 1.75. The van der Waals surface area contributed by atoms with Crippen molar-refractivity contribution in [2.24, 2.45) is 5.92 Å². The lowest BCUT2D eigenvalue weighted by molar-refractivity contribution is 0.568. The van der Waals surface area contributed by atoms with E-state index in [0.29, 0.717) is 5.92 Å². The van der Waals surface area contributed by atoms with E-state index in [0.717, 1.165) is 18.9 Å². The van der Waals surface area contributed by atoms with Gasteiger partial charge >= 0.3 is 0 Å². The maximum Gasteiger partial charge on any atom is 0.144 e. The fraction of sp³-hybridized carbons (Fsp3) is 0.556. The van der Waals surface area contributed by atoms with Gasteiger partial charge in [-0.1, -0.05) is 6.92 Å². The number of hydrogen-bond acceptors (Lipinski definition) is 4. The van der Waals surface area contributed by atoms with Gasteiger partial charge in [-0.2, -0.15) is 0 Å². The van der Waals surface area contributed by atoms with Gasteiger partial charge in [0.2, 0.25) is 0 Å². The van der Waals surface area contributed by atoms with E-state index in [4.69, 9.17) is 0 Å². The number of nitrogens with one attached hydrogen (secondary N) is 2. The molecule has 13 heavy (non-hydrogen) atoms. The number of rotatable bonds is 5. The minimum absolute atomic E-state index is 0.590. The molecule has 0 saturated heterocycles. The van der Waals surface area contributed by atoms with Gasteiger partial charge in [-0.15, -0.1) is 0 Å². The van der Waals surface area contributed by atoms with Crippen molar-refractivity contribution in [2.75, 3.05) is 25.5 Å². The van der Waals surface area contributed by atoms with E-state index < -0.39 is 0 Å². The molecule has 0 spiro atoms. The quantitative estimate of drug-likeness (QED) is 0.702. The zero-order valence-electron chi connectivity index (χ0n) is 8.12. The minimum atomic E-state index is 0.590. The Labute approximate surface area is 78.8 Å². The van der Waals surface area contributed by atoms with Crippen LogP contribution in [0.3, 0.4) is 0 Å². The summed E-state index contributed by atoms with van der Waals surface area (Å²) in [6, 6.07) is 0. The van der Waals surface area contributed by atoms with Crippen LogP contribution in [-0.2, 0) is 0 Å². The summed E-state index contributed by atoms with van der Waals surface area (Å²) in [5, 5.41) is 6.34. The first kappa shape index (κ1) is 9.92. The molecule has 0 amide bonds. The summed E-state index contributed by atoms with van der Waals surface area (Å²) in [4.78, 5) is 8.08. The van der Waals surface area contributed by atoms with E-state index in [2.05, 4.69) is 27.5 Å². The molecule has 0 saturated carbocycles. The molecular weight excluding hydrogens is 164 g/mol. The van der Waals surface area contributed by atoms with E-state index >= 15 is 0 Å². The Hall–Kier alpha value is -1.16. The van der Waals surface area contributed by atoms with Crippen LogP contribution in [0.5, 0.6) is 0 Å². The zero-order chi connectivity index (χ0) is 9.52. The van der Waals surface area contributed by atoms with Crippen molar-refractivity contribution in [1.82, 2.24) is 15.3 Å². The standard InChI is InChI=1S/C9H16N4/c1-8(5-10-2)6-13-9-7-11-3-4-12-9/h3-4,7-8,10H,5-6H2,1-2H3,(H,12,13). The molecule has 0 aliphatic heterocycles. The second-order valence-electron chi connectivity index (χ2n) is 3.13. The number of hydrogen-bond donors (Lipinski definition) is 2. The van der Waals surface area contributed by atoms with Gasteiger partial charge in [0.1, 0.15) is 5.82 Å². The smallest absolute Gasteiger partial charge is 0.144 e. The minimum Gasteiger partial charge on any atom is -0.368 e. The highest BCUT2D eigenvalue weighted by Crippen LogP contribution is 1.99. The second kappa shape index (κ2) is 5.48. The molecule has 1 unspecified atom stereocenters. The van der Waals surface area contributed by atoms with Gasteiger partial charge < -0.3 is 10.6 Å². The van der Waals surface area contributed by atoms with Gasteiger partial charge in [-0.3, -0.25) is 4.98 Å². The van der Waals surface area contributed by atoms with E-state index in [1.54, 1.807) is 18.6 Å². The summed E-state index contributed by atoms with van der Waals surface area (Å²) in [6.07, 6.45) is 5.08. The SMILES string of the molecule is CNCC(C)CNc1cnccn1. The fourth-order valence-corrected chi connectivity index (χ4v) is 1.09. The predicted octanol–water partition coefficient (Wildman–Crippen LogP) is 0.744. The average Bonchev–Trinajstić information content (AvgIpc) is 2.17. The lowest BCUT2D eigenvalue weighted by atomic mass is 10.2. The second-order valence-corrected chi connectivity index (χ2v) is 3.13. The lowest BCUT2D eigenvalue weighted by Gasteiger charge is -2.11. The van der Waals surface area contributed by atoms with Crippen LogP contribution in [0, 0.1) is 5.92 Å². The Morgan fingerprint density at radius 2 is 2.23 bits per heavy atom. The first-order valence-electron chi connectivity index (χ1n) is 4.47. The first-order chi connectivity index (χ1) is 6.33. The summed E-state index contributed by atoms with van der Waals surface area (Å²) < 4.78 is 0. The number of aromatic nitrogens is 2. The molecule has 0 aromatic carbocycles. The molecule has 0 aliphatic carbocycles. The zero-order valence-corrected chi connectivity index (χ0v) is 8.12. The topological polar surface area (TPSA) is 49.8 Å². The molecule has 1 atom stereocenters. The van der Waals surface area contributed by atoms with Gasteiger partial charge in [0.15, 0.2) is 0 Å². The van der Waals surface area contributed by atoms with Gasteiger partial charge in [0.05, 0.1) is 6.20 Å². The summed E-state index contributed by atoms with van der Waals surface area (Å²) >= 11 is 0. The summed E-state index contributed by atoms with van der Waals surface area (Å²) in [5.41, 5.74) is 0. The van der Waals surface area contributed by atoms with Gasteiger partial charge in [-0.05, 0) is 19.5 Å².